The second kappa shape index (κ2) is 5.17. The van der Waals surface area contributed by atoms with Gasteiger partial charge in [-0.1, -0.05) is 0 Å². The normalized spacial score (nSPS) is 12.5. The Morgan fingerprint density at radius 1 is 1.71 bits per heavy atom. The van der Waals surface area contributed by atoms with Gasteiger partial charge in [-0.15, -0.1) is 0 Å². The van der Waals surface area contributed by atoms with Gasteiger partial charge in [0, 0.05) is 12.6 Å². The molecule has 1 rings (SSSR count). The smallest absolute Gasteiger partial charge is 0.288 e. The molecule has 0 spiro atoms. The molecule has 0 aromatic carbocycles. The van der Waals surface area contributed by atoms with Crippen LogP contribution in [-0.2, 0) is 0 Å². The third-order valence-electron chi connectivity index (χ3n) is 1.89. The highest BCUT2D eigenvalue weighted by Gasteiger charge is 2.13. The summed E-state index contributed by atoms with van der Waals surface area (Å²) in [6, 6.07) is 1.93. The van der Waals surface area contributed by atoms with Gasteiger partial charge in [-0.25, -0.2) is 0 Å². The SMILES string of the molecule is CNC(C)CNC(=O)c1occc1Br. The van der Waals surface area contributed by atoms with Crippen molar-refractivity contribution in [1.82, 2.24) is 10.6 Å². The highest BCUT2D eigenvalue weighted by atomic mass is 79.9. The number of furan rings is 1. The molecule has 1 aromatic heterocycles. The topological polar surface area (TPSA) is 54.3 Å². The molecule has 0 saturated heterocycles. The molecule has 0 aliphatic carbocycles. The molecule has 1 amide bonds. The maximum atomic E-state index is 11.5. The van der Waals surface area contributed by atoms with E-state index in [2.05, 4.69) is 26.6 Å². The first-order valence-electron chi connectivity index (χ1n) is 4.33. The van der Waals surface area contributed by atoms with Gasteiger partial charge < -0.3 is 15.1 Å². The van der Waals surface area contributed by atoms with Gasteiger partial charge in [0.15, 0.2) is 0 Å². The molecule has 0 aliphatic rings. The molecule has 0 fully saturated rings. The van der Waals surface area contributed by atoms with Crippen LogP contribution in [0.5, 0.6) is 0 Å². The summed E-state index contributed by atoms with van der Waals surface area (Å²) in [6.45, 7) is 2.56. The zero-order valence-electron chi connectivity index (χ0n) is 8.13. The summed E-state index contributed by atoms with van der Waals surface area (Å²) in [4.78, 5) is 11.5. The van der Waals surface area contributed by atoms with Gasteiger partial charge in [-0.2, -0.15) is 0 Å². The van der Waals surface area contributed by atoms with Crippen LogP contribution in [0.3, 0.4) is 0 Å². The minimum atomic E-state index is -0.205. The van der Waals surface area contributed by atoms with Crippen molar-refractivity contribution in [2.45, 2.75) is 13.0 Å². The van der Waals surface area contributed by atoms with Gasteiger partial charge in [0.2, 0.25) is 5.76 Å². The van der Waals surface area contributed by atoms with Crippen molar-refractivity contribution in [1.29, 1.82) is 0 Å². The Balaban J connectivity index is 2.47. The van der Waals surface area contributed by atoms with Crippen molar-refractivity contribution in [3.63, 3.8) is 0 Å². The van der Waals surface area contributed by atoms with Crippen LogP contribution in [0, 0.1) is 0 Å². The molecule has 1 unspecified atom stereocenters. The van der Waals surface area contributed by atoms with E-state index in [9.17, 15) is 4.79 Å². The van der Waals surface area contributed by atoms with Crippen molar-refractivity contribution in [3.8, 4) is 0 Å². The Hall–Kier alpha value is -0.810. The average molecular weight is 261 g/mol. The molecule has 14 heavy (non-hydrogen) atoms. The Morgan fingerprint density at radius 2 is 2.43 bits per heavy atom. The minimum Gasteiger partial charge on any atom is -0.458 e. The van der Waals surface area contributed by atoms with Gasteiger partial charge >= 0.3 is 0 Å². The highest BCUT2D eigenvalue weighted by Crippen LogP contribution is 2.16. The number of hydrogen-bond donors (Lipinski definition) is 2. The zero-order valence-corrected chi connectivity index (χ0v) is 9.72. The molecule has 0 bridgehead atoms. The second-order valence-electron chi connectivity index (χ2n) is 3.00. The molecule has 2 N–H and O–H groups in total. The van der Waals surface area contributed by atoms with Gasteiger partial charge in [0.05, 0.1) is 10.7 Å². The standard InChI is InChI=1S/C9H13BrN2O2/c1-6(11-2)5-12-9(13)8-7(10)3-4-14-8/h3-4,6,11H,5H2,1-2H3,(H,12,13). The van der Waals surface area contributed by atoms with E-state index in [-0.39, 0.29) is 11.9 Å². The van der Waals surface area contributed by atoms with E-state index in [0.29, 0.717) is 16.8 Å². The van der Waals surface area contributed by atoms with E-state index in [1.165, 1.54) is 6.26 Å². The van der Waals surface area contributed by atoms with Crippen molar-refractivity contribution in [3.05, 3.63) is 22.6 Å². The molecular weight excluding hydrogens is 248 g/mol. The van der Waals surface area contributed by atoms with Crippen molar-refractivity contribution in [2.24, 2.45) is 0 Å². The number of amides is 1. The average Bonchev–Trinajstić information content (AvgIpc) is 2.60. The summed E-state index contributed by atoms with van der Waals surface area (Å²) in [7, 11) is 1.85. The number of halogens is 1. The molecule has 4 nitrogen and oxygen atoms in total. The number of rotatable bonds is 4. The maximum Gasteiger partial charge on any atom is 0.288 e. The van der Waals surface area contributed by atoms with Crippen LogP contribution < -0.4 is 10.6 Å². The summed E-state index contributed by atoms with van der Waals surface area (Å²) in [5.74, 6) is 0.109. The molecule has 0 saturated carbocycles. The van der Waals surface area contributed by atoms with Crippen LogP contribution in [0.1, 0.15) is 17.5 Å². The van der Waals surface area contributed by atoms with Crippen LogP contribution in [0.25, 0.3) is 0 Å². The molecule has 1 aromatic rings. The molecule has 5 heteroatoms. The van der Waals surface area contributed by atoms with E-state index in [1.807, 2.05) is 14.0 Å². The first kappa shape index (κ1) is 11.3. The molecule has 1 atom stereocenters. The summed E-state index contributed by atoms with van der Waals surface area (Å²) in [6.07, 6.45) is 1.47. The summed E-state index contributed by atoms with van der Waals surface area (Å²) < 4.78 is 5.69. The number of carbonyl (C=O) groups is 1. The third-order valence-corrected chi connectivity index (χ3v) is 2.51. The Bertz CT molecular complexity index is 312. The van der Waals surface area contributed by atoms with E-state index in [1.54, 1.807) is 6.07 Å². The number of nitrogens with one attached hydrogen (secondary N) is 2. The quantitative estimate of drug-likeness (QED) is 0.860. The van der Waals surface area contributed by atoms with Crippen LogP contribution in [0.4, 0.5) is 0 Å². The van der Waals surface area contributed by atoms with E-state index < -0.39 is 0 Å². The first-order chi connectivity index (χ1) is 6.65. The van der Waals surface area contributed by atoms with Crippen molar-refractivity contribution >= 4 is 21.8 Å². The maximum absolute atomic E-state index is 11.5. The third kappa shape index (κ3) is 2.85. The fourth-order valence-corrected chi connectivity index (χ4v) is 1.27. The summed E-state index contributed by atoms with van der Waals surface area (Å²) in [5.41, 5.74) is 0. The molecule has 0 radical (unpaired) electrons. The Morgan fingerprint density at radius 3 is 2.93 bits per heavy atom. The van der Waals surface area contributed by atoms with Crippen molar-refractivity contribution < 1.29 is 9.21 Å². The lowest BCUT2D eigenvalue weighted by atomic mass is 10.3. The van der Waals surface area contributed by atoms with Crippen molar-refractivity contribution in [2.75, 3.05) is 13.6 Å². The lowest BCUT2D eigenvalue weighted by molar-refractivity contribution is 0.0922. The predicted octanol–water partition coefficient (Wildman–Crippen LogP) is 1.38. The van der Waals surface area contributed by atoms with E-state index >= 15 is 0 Å². The first-order valence-corrected chi connectivity index (χ1v) is 5.13. The second-order valence-corrected chi connectivity index (χ2v) is 3.85. The van der Waals surface area contributed by atoms with Crippen LogP contribution in [-0.4, -0.2) is 25.5 Å². The lowest BCUT2D eigenvalue weighted by Gasteiger charge is -2.10. The fraction of sp³-hybridized carbons (Fsp3) is 0.444. The lowest BCUT2D eigenvalue weighted by Crippen LogP contribution is -2.37. The zero-order chi connectivity index (χ0) is 10.6. The van der Waals surface area contributed by atoms with Crippen LogP contribution >= 0.6 is 15.9 Å². The Kier molecular flexibility index (Phi) is 4.16. The summed E-state index contributed by atoms with van der Waals surface area (Å²) in [5, 5.41) is 5.77. The molecular formula is C9H13BrN2O2. The van der Waals surface area contributed by atoms with Gasteiger partial charge in [0.25, 0.3) is 5.91 Å². The molecule has 0 aliphatic heterocycles. The monoisotopic (exact) mass is 260 g/mol. The van der Waals surface area contributed by atoms with Crippen LogP contribution in [0.15, 0.2) is 21.2 Å². The summed E-state index contributed by atoms with van der Waals surface area (Å²) >= 11 is 3.22. The predicted molar refractivity (Wildman–Crippen MR) is 57.3 cm³/mol. The number of hydrogen-bond acceptors (Lipinski definition) is 3. The minimum absolute atomic E-state index is 0.205. The number of likely N-dealkylation sites (N-methyl/N-ethyl adjacent to an activating group) is 1. The van der Waals surface area contributed by atoms with E-state index in [0.717, 1.165) is 0 Å². The van der Waals surface area contributed by atoms with Gasteiger partial charge in [0.1, 0.15) is 0 Å². The number of carbonyl (C=O) groups excluding carboxylic acids is 1. The van der Waals surface area contributed by atoms with Gasteiger partial charge in [-0.3, -0.25) is 4.79 Å². The van der Waals surface area contributed by atoms with E-state index in [4.69, 9.17) is 4.42 Å². The molecule has 78 valence electrons. The largest absolute Gasteiger partial charge is 0.458 e. The Labute approximate surface area is 91.2 Å². The van der Waals surface area contributed by atoms with Gasteiger partial charge in [-0.05, 0) is 36.0 Å². The molecule has 1 heterocycles. The fourth-order valence-electron chi connectivity index (χ4n) is 0.884. The highest BCUT2D eigenvalue weighted by molar-refractivity contribution is 9.10. The van der Waals surface area contributed by atoms with Crippen LogP contribution in [0.2, 0.25) is 0 Å².